The Balaban J connectivity index is 1.73. The van der Waals surface area contributed by atoms with E-state index in [2.05, 4.69) is 12.1 Å². The van der Waals surface area contributed by atoms with E-state index in [0.717, 1.165) is 12.2 Å². The lowest BCUT2D eigenvalue weighted by Gasteiger charge is -2.12. The maximum Gasteiger partial charge on any atom is 0.118 e. The molecule has 3 nitrogen and oxygen atoms in total. The van der Waals surface area contributed by atoms with Crippen LogP contribution in [0.2, 0.25) is 0 Å². The minimum Gasteiger partial charge on any atom is -0.497 e. The van der Waals surface area contributed by atoms with Crippen LogP contribution in [-0.4, -0.2) is 19.8 Å². The summed E-state index contributed by atoms with van der Waals surface area (Å²) in [6, 6.07) is 18.1. The van der Waals surface area contributed by atoms with E-state index in [1.165, 1.54) is 11.1 Å². The van der Waals surface area contributed by atoms with Gasteiger partial charge in [-0.15, -0.1) is 0 Å². The molecule has 3 heteroatoms. The first-order valence-electron chi connectivity index (χ1n) is 6.78. The van der Waals surface area contributed by atoms with Crippen LogP contribution in [-0.2, 0) is 17.8 Å². The first-order valence-corrected chi connectivity index (χ1v) is 6.78. The fourth-order valence-corrected chi connectivity index (χ4v) is 2.03. The third-order valence-corrected chi connectivity index (χ3v) is 3.10. The van der Waals surface area contributed by atoms with Crippen LogP contribution < -0.4 is 10.5 Å². The quantitative estimate of drug-likeness (QED) is 0.842. The number of hydrogen-bond acceptors (Lipinski definition) is 3. The number of nitrogens with two attached hydrogens (primary N) is 1. The molecule has 0 fully saturated rings. The molecule has 0 aliphatic carbocycles. The average molecular weight is 271 g/mol. The Hall–Kier alpha value is -1.84. The van der Waals surface area contributed by atoms with E-state index in [1.54, 1.807) is 7.11 Å². The Bertz CT molecular complexity index is 496. The van der Waals surface area contributed by atoms with Crippen molar-refractivity contribution in [3.05, 3.63) is 65.7 Å². The highest BCUT2D eigenvalue weighted by atomic mass is 16.5. The van der Waals surface area contributed by atoms with E-state index in [0.29, 0.717) is 13.2 Å². The molecule has 2 rings (SSSR count). The van der Waals surface area contributed by atoms with Crippen LogP contribution in [0.15, 0.2) is 54.6 Å². The molecular formula is C17H21NO2. The summed E-state index contributed by atoms with van der Waals surface area (Å²) in [5.74, 6) is 0.864. The molecule has 0 bridgehead atoms. The van der Waals surface area contributed by atoms with Crippen LogP contribution in [0.3, 0.4) is 0 Å². The molecule has 0 saturated heterocycles. The molecule has 1 atom stereocenters. The Morgan fingerprint density at radius 3 is 2.30 bits per heavy atom. The van der Waals surface area contributed by atoms with Gasteiger partial charge < -0.3 is 15.2 Å². The van der Waals surface area contributed by atoms with Crippen molar-refractivity contribution in [1.82, 2.24) is 0 Å². The number of rotatable bonds is 7. The predicted octanol–water partition coefficient (Wildman–Crippen LogP) is 2.78. The molecule has 0 saturated carbocycles. The Labute approximate surface area is 120 Å². The van der Waals surface area contributed by atoms with Gasteiger partial charge in [0.15, 0.2) is 0 Å². The Morgan fingerprint density at radius 1 is 0.950 bits per heavy atom. The number of methoxy groups -OCH3 is 1. The molecule has 0 aromatic heterocycles. The summed E-state index contributed by atoms with van der Waals surface area (Å²) in [7, 11) is 1.66. The van der Waals surface area contributed by atoms with Gasteiger partial charge in [-0.3, -0.25) is 0 Å². The third-order valence-electron chi connectivity index (χ3n) is 3.10. The zero-order valence-electron chi connectivity index (χ0n) is 11.8. The fraction of sp³-hybridized carbons (Fsp3) is 0.294. The zero-order valence-corrected chi connectivity index (χ0v) is 11.8. The van der Waals surface area contributed by atoms with Crippen molar-refractivity contribution in [2.75, 3.05) is 13.7 Å². The van der Waals surface area contributed by atoms with Gasteiger partial charge in [-0.1, -0.05) is 42.5 Å². The van der Waals surface area contributed by atoms with Gasteiger partial charge in [0, 0.05) is 6.04 Å². The van der Waals surface area contributed by atoms with Gasteiger partial charge >= 0.3 is 0 Å². The predicted molar refractivity (Wildman–Crippen MR) is 80.8 cm³/mol. The van der Waals surface area contributed by atoms with Crippen LogP contribution >= 0.6 is 0 Å². The topological polar surface area (TPSA) is 44.5 Å². The van der Waals surface area contributed by atoms with Gasteiger partial charge in [0.05, 0.1) is 20.3 Å². The van der Waals surface area contributed by atoms with Crippen molar-refractivity contribution in [2.24, 2.45) is 5.73 Å². The van der Waals surface area contributed by atoms with Gasteiger partial charge in [0.1, 0.15) is 5.75 Å². The minimum absolute atomic E-state index is 0.00658. The van der Waals surface area contributed by atoms with Crippen LogP contribution in [0.25, 0.3) is 0 Å². The van der Waals surface area contributed by atoms with Gasteiger partial charge in [-0.05, 0) is 29.7 Å². The largest absolute Gasteiger partial charge is 0.497 e. The second-order valence-corrected chi connectivity index (χ2v) is 4.81. The first-order chi connectivity index (χ1) is 9.78. The van der Waals surface area contributed by atoms with E-state index < -0.39 is 0 Å². The van der Waals surface area contributed by atoms with E-state index in [9.17, 15) is 0 Å². The standard InChI is InChI=1S/C17H21NO2/c1-19-17-9-7-14(8-10-17)11-16(18)13-20-12-15-5-3-2-4-6-15/h2-10,16H,11-13,18H2,1H3/t16-/m0/s1. The van der Waals surface area contributed by atoms with Gasteiger partial charge in [0.25, 0.3) is 0 Å². The van der Waals surface area contributed by atoms with Gasteiger partial charge in [-0.25, -0.2) is 0 Å². The van der Waals surface area contributed by atoms with Crippen LogP contribution in [0, 0.1) is 0 Å². The summed E-state index contributed by atoms with van der Waals surface area (Å²) in [4.78, 5) is 0. The Kier molecular flexibility index (Phi) is 5.59. The summed E-state index contributed by atoms with van der Waals surface area (Å²) < 4.78 is 10.8. The molecular weight excluding hydrogens is 250 g/mol. The minimum atomic E-state index is 0.00658. The maximum absolute atomic E-state index is 6.08. The average Bonchev–Trinajstić information content (AvgIpc) is 2.49. The van der Waals surface area contributed by atoms with E-state index >= 15 is 0 Å². The number of hydrogen-bond donors (Lipinski definition) is 1. The monoisotopic (exact) mass is 271 g/mol. The molecule has 0 heterocycles. The summed E-state index contributed by atoms with van der Waals surface area (Å²) >= 11 is 0. The molecule has 2 aromatic rings. The molecule has 2 aromatic carbocycles. The van der Waals surface area contributed by atoms with Crippen molar-refractivity contribution >= 4 is 0 Å². The Morgan fingerprint density at radius 2 is 1.65 bits per heavy atom. The van der Waals surface area contributed by atoms with E-state index in [1.807, 2.05) is 42.5 Å². The highest BCUT2D eigenvalue weighted by Crippen LogP contribution is 2.12. The fourth-order valence-electron chi connectivity index (χ4n) is 2.03. The van der Waals surface area contributed by atoms with E-state index in [-0.39, 0.29) is 6.04 Å². The SMILES string of the molecule is COc1ccc(C[C@H](N)COCc2ccccc2)cc1. The lowest BCUT2D eigenvalue weighted by Crippen LogP contribution is -2.28. The highest BCUT2D eigenvalue weighted by molar-refractivity contribution is 5.27. The molecule has 2 N–H and O–H groups in total. The van der Waals surface area contributed by atoms with Crippen LogP contribution in [0.1, 0.15) is 11.1 Å². The van der Waals surface area contributed by atoms with E-state index in [4.69, 9.17) is 15.2 Å². The number of benzene rings is 2. The highest BCUT2D eigenvalue weighted by Gasteiger charge is 2.05. The first kappa shape index (κ1) is 14.6. The lowest BCUT2D eigenvalue weighted by molar-refractivity contribution is 0.108. The molecule has 0 aliphatic rings. The van der Waals surface area contributed by atoms with Gasteiger partial charge in [-0.2, -0.15) is 0 Å². The second kappa shape index (κ2) is 7.68. The molecule has 0 spiro atoms. The second-order valence-electron chi connectivity index (χ2n) is 4.81. The van der Waals surface area contributed by atoms with Crippen molar-refractivity contribution in [3.63, 3.8) is 0 Å². The van der Waals surface area contributed by atoms with Gasteiger partial charge in [0.2, 0.25) is 0 Å². The van der Waals surface area contributed by atoms with Crippen molar-refractivity contribution in [3.8, 4) is 5.75 Å². The molecule has 20 heavy (non-hydrogen) atoms. The molecule has 0 amide bonds. The summed E-state index contributed by atoms with van der Waals surface area (Å²) in [5.41, 5.74) is 8.45. The summed E-state index contributed by atoms with van der Waals surface area (Å²) in [6.07, 6.45) is 0.804. The van der Waals surface area contributed by atoms with Crippen molar-refractivity contribution < 1.29 is 9.47 Å². The van der Waals surface area contributed by atoms with Crippen molar-refractivity contribution in [2.45, 2.75) is 19.1 Å². The summed E-state index contributed by atoms with van der Waals surface area (Å²) in [5, 5.41) is 0. The van der Waals surface area contributed by atoms with Crippen LogP contribution in [0.5, 0.6) is 5.75 Å². The normalized spacial score (nSPS) is 12.1. The third kappa shape index (κ3) is 4.68. The molecule has 0 radical (unpaired) electrons. The molecule has 0 unspecified atom stereocenters. The lowest BCUT2D eigenvalue weighted by atomic mass is 10.1. The number of ether oxygens (including phenoxy) is 2. The smallest absolute Gasteiger partial charge is 0.118 e. The summed E-state index contributed by atoms with van der Waals surface area (Å²) in [6.45, 7) is 1.16. The zero-order chi connectivity index (χ0) is 14.2. The molecule has 106 valence electrons. The van der Waals surface area contributed by atoms with Crippen LogP contribution in [0.4, 0.5) is 0 Å². The molecule has 0 aliphatic heterocycles. The van der Waals surface area contributed by atoms with Crippen molar-refractivity contribution in [1.29, 1.82) is 0 Å². The maximum atomic E-state index is 6.08.